The molecule has 55 valence electrons. The van der Waals surface area contributed by atoms with Crippen LogP contribution in [0.2, 0.25) is 0 Å². The van der Waals surface area contributed by atoms with Gasteiger partial charge in [-0.15, -0.1) is 0 Å². The summed E-state index contributed by atoms with van der Waals surface area (Å²) < 4.78 is 0. The number of thioether (sulfide) groups is 1. The summed E-state index contributed by atoms with van der Waals surface area (Å²) in [5.41, 5.74) is 0.516. The van der Waals surface area contributed by atoms with Crippen LogP contribution in [-0.2, 0) is 0 Å². The van der Waals surface area contributed by atoms with E-state index in [2.05, 4.69) is 27.7 Å². The summed E-state index contributed by atoms with van der Waals surface area (Å²) >= 11 is 1.93. The van der Waals surface area contributed by atoms with Gasteiger partial charge in [0.1, 0.15) is 0 Å². The van der Waals surface area contributed by atoms with E-state index >= 15 is 0 Å². The molecule has 0 N–H and O–H groups in total. The zero-order valence-electron chi connectivity index (χ0n) is 6.74. The zero-order valence-corrected chi connectivity index (χ0v) is 7.55. The van der Waals surface area contributed by atoms with Gasteiger partial charge in [-0.25, -0.2) is 0 Å². The minimum atomic E-state index is 0.516. The van der Waals surface area contributed by atoms with Crippen LogP contribution < -0.4 is 0 Å². The predicted molar refractivity (Wildman–Crippen MR) is 46.8 cm³/mol. The molecule has 0 bridgehead atoms. The second-order valence-corrected chi connectivity index (χ2v) is 4.18. The SMILES string of the molecule is [CH2]CSCC(C)(C)CC. The summed E-state index contributed by atoms with van der Waals surface area (Å²) in [6.07, 6.45) is 1.26. The van der Waals surface area contributed by atoms with Crippen molar-refractivity contribution in [3.63, 3.8) is 0 Å². The highest BCUT2D eigenvalue weighted by atomic mass is 32.2. The number of hydrogen-bond acceptors (Lipinski definition) is 1. The molecular formula is C8H17S. The smallest absolute Gasteiger partial charge is 0.00162 e. The largest absolute Gasteiger partial charge is 0.161 e. The highest BCUT2D eigenvalue weighted by molar-refractivity contribution is 7.99. The van der Waals surface area contributed by atoms with E-state index < -0.39 is 0 Å². The van der Waals surface area contributed by atoms with Gasteiger partial charge in [-0.05, 0) is 23.8 Å². The molecule has 0 fully saturated rings. The van der Waals surface area contributed by atoms with E-state index in [1.165, 1.54) is 12.2 Å². The lowest BCUT2D eigenvalue weighted by atomic mass is 9.93. The molecule has 1 heteroatoms. The van der Waals surface area contributed by atoms with Gasteiger partial charge in [-0.3, -0.25) is 0 Å². The monoisotopic (exact) mass is 145 g/mol. The zero-order chi connectivity index (χ0) is 7.33. The van der Waals surface area contributed by atoms with Crippen molar-refractivity contribution < 1.29 is 0 Å². The molecule has 0 aromatic rings. The Bertz CT molecular complexity index is 67.0. The van der Waals surface area contributed by atoms with Crippen molar-refractivity contribution in [2.45, 2.75) is 27.2 Å². The first-order valence-corrected chi connectivity index (χ1v) is 4.65. The molecule has 0 rings (SSSR count). The van der Waals surface area contributed by atoms with Crippen molar-refractivity contribution in [2.24, 2.45) is 5.41 Å². The van der Waals surface area contributed by atoms with Crippen LogP contribution in [0, 0.1) is 12.3 Å². The van der Waals surface area contributed by atoms with Crippen LogP contribution in [-0.4, -0.2) is 11.5 Å². The molecule has 0 amide bonds. The first-order valence-electron chi connectivity index (χ1n) is 3.49. The van der Waals surface area contributed by atoms with Gasteiger partial charge in [0.2, 0.25) is 0 Å². The first kappa shape index (κ1) is 9.35. The molecular weight excluding hydrogens is 128 g/mol. The van der Waals surface area contributed by atoms with Gasteiger partial charge in [0.05, 0.1) is 0 Å². The molecule has 0 spiro atoms. The van der Waals surface area contributed by atoms with E-state index in [9.17, 15) is 0 Å². The minimum absolute atomic E-state index is 0.516. The molecule has 0 aromatic carbocycles. The Morgan fingerprint density at radius 2 is 2.00 bits per heavy atom. The summed E-state index contributed by atoms with van der Waals surface area (Å²) in [6.45, 7) is 10.6. The molecule has 0 saturated heterocycles. The van der Waals surface area contributed by atoms with Gasteiger partial charge in [0, 0.05) is 0 Å². The Balaban J connectivity index is 3.33. The molecule has 0 aliphatic rings. The van der Waals surface area contributed by atoms with Gasteiger partial charge in [0.15, 0.2) is 0 Å². The molecule has 1 radical (unpaired) electrons. The van der Waals surface area contributed by atoms with Crippen LogP contribution in [0.5, 0.6) is 0 Å². The molecule has 0 unspecified atom stereocenters. The van der Waals surface area contributed by atoms with Crippen LogP contribution in [0.15, 0.2) is 0 Å². The van der Waals surface area contributed by atoms with Crippen LogP contribution in [0.3, 0.4) is 0 Å². The Labute approximate surface area is 63.4 Å². The first-order chi connectivity index (χ1) is 4.12. The van der Waals surface area contributed by atoms with Crippen LogP contribution in [0.25, 0.3) is 0 Å². The van der Waals surface area contributed by atoms with Crippen molar-refractivity contribution in [1.29, 1.82) is 0 Å². The lowest BCUT2D eigenvalue weighted by Gasteiger charge is -2.20. The Morgan fingerprint density at radius 3 is 2.33 bits per heavy atom. The predicted octanol–water partition coefficient (Wildman–Crippen LogP) is 2.99. The fourth-order valence-corrected chi connectivity index (χ4v) is 1.35. The standard InChI is InChI=1S/C8H17S/c1-5-8(3,4)7-9-6-2/h2,5-7H2,1,3-4H3. The normalized spacial score (nSPS) is 12.0. The van der Waals surface area contributed by atoms with Gasteiger partial charge < -0.3 is 0 Å². The van der Waals surface area contributed by atoms with Crippen molar-refractivity contribution in [1.82, 2.24) is 0 Å². The second-order valence-electron chi connectivity index (χ2n) is 3.07. The number of hydrogen-bond donors (Lipinski definition) is 0. The Hall–Kier alpha value is 0.350. The second kappa shape index (κ2) is 4.21. The summed E-state index contributed by atoms with van der Waals surface area (Å²) in [6, 6.07) is 0. The van der Waals surface area contributed by atoms with Gasteiger partial charge >= 0.3 is 0 Å². The third-order valence-electron chi connectivity index (χ3n) is 1.59. The maximum Gasteiger partial charge on any atom is -0.00162 e. The van der Waals surface area contributed by atoms with E-state index in [0.717, 1.165) is 5.75 Å². The summed E-state index contributed by atoms with van der Waals surface area (Å²) in [5, 5.41) is 0. The van der Waals surface area contributed by atoms with Crippen molar-refractivity contribution in [2.75, 3.05) is 11.5 Å². The molecule has 0 aromatic heterocycles. The van der Waals surface area contributed by atoms with E-state index in [1.54, 1.807) is 0 Å². The molecule has 0 saturated carbocycles. The van der Waals surface area contributed by atoms with Crippen molar-refractivity contribution >= 4 is 11.8 Å². The Kier molecular flexibility index (Phi) is 4.37. The molecule has 0 heterocycles. The maximum atomic E-state index is 3.79. The summed E-state index contributed by atoms with van der Waals surface area (Å²) in [5.74, 6) is 2.25. The molecule has 0 aliphatic heterocycles. The van der Waals surface area contributed by atoms with Crippen LogP contribution in [0.4, 0.5) is 0 Å². The van der Waals surface area contributed by atoms with Crippen molar-refractivity contribution in [3.05, 3.63) is 6.92 Å². The van der Waals surface area contributed by atoms with Crippen LogP contribution >= 0.6 is 11.8 Å². The Morgan fingerprint density at radius 1 is 1.44 bits per heavy atom. The fraction of sp³-hybridized carbons (Fsp3) is 0.875. The average molecular weight is 145 g/mol. The highest BCUT2D eigenvalue weighted by Crippen LogP contribution is 2.24. The fourth-order valence-electron chi connectivity index (χ4n) is 0.451. The summed E-state index contributed by atoms with van der Waals surface area (Å²) in [4.78, 5) is 0. The quantitative estimate of drug-likeness (QED) is 0.586. The number of rotatable bonds is 4. The summed E-state index contributed by atoms with van der Waals surface area (Å²) in [7, 11) is 0. The van der Waals surface area contributed by atoms with E-state index in [4.69, 9.17) is 0 Å². The maximum absolute atomic E-state index is 3.79. The van der Waals surface area contributed by atoms with E-state index in [1.807, 2.05) is 11.8 Å². The lowest BCUT2D eigenvalue weighted by Crippen LogP contribution is -2.12. The van der Waals surface area contributed by atoms with Gasteiger partial charge in [-0.1, -0.05) is 27.2 Å². The van der Waals surface area contributed by atoms with Crippen molar-refractivity contribution in [3.8, 4) is 0 Å². The molecule has 0 nitrogen and oxygen atoms in total. The third kappa shape index (κ3) is 4.83. The third-order valence-corrected chi connectivity index (χ3v) is 2.87. The van der Waals surface area contributed by atoms with E-state index in [0.29, 0.717) is 5.41 Å². The van der Waals surface area contributed by atoms with Gasteiger partial charge in [-0.2, -0.15) is 11.8 Å². The average Bonchev–Trinajstić information content (AvgIpc) is 1.84. The molecule has 0 atom stereocenters. The molecule has 9 heavy (non-hydrogen) atoms. The lowest BCUT2D eigenvalue weighted by molar-refractivity contribution is 0.408. The topological polar surface area (TPSA) is 0 Å². The molecule has 0 aliphatic carbocycles. The van der Waals surface area contributed by atoms with E-state index in [-0.39, 0.29) is 0 Å². The van der Waals surface area contributed by atoms with Gasteiger partial charge in [0.25, 0.3) is 0 Å². The highest BCUT2D eigenvalue weighted by Gasteiger charge is 2.13. The van der Waals surface area contributed by atoms with Crippen LogP contribution in [0.1, 0.15) is 27.2 Å². The minimum Gasteiger partial charge on any atom is -0.161 e.